The second-order valence-corrected chi connectivity index (χ2v) is 5.38. The van der Waals surface area contributed by atoms with Crippen molar-refractivity contribution in [3.63, 3.8) is 0 Å². The van der Waals surface area contributed by atoms with Crippen LogP contribution in [0.25, 0.3) is 0 Å². The number of amides is 3. The van der Waals surface area contributed by atoms with Gasteiger partial charge in [0.15, 0.2) is 0 Å². The lowest BCUT2D eigenvalue weighted by atomic mass is 10.2. The zero-order valence-corrected chi connectivity index (χ0v) is 12.2. The number of hydrogen-bond acceptors (Lipinski definition) is 2. The Bertz CT molecular complexity index is 496. The Morgan fingerprint density at radius 1 is 1.25 bits per heavy atom. The topological polar surface area (TPSA) is 52.7 Å². The van der Waals surface area contributed by atoms with E-state index in [1.54, 1.807) is 23.9 Å². The molecule has 1 aromatic carbocycles. The van der Waals surface area contributed by atoms with Crippen LogP contribution in [0, 0.1) is 6.92 Å². The molecule has 5 nitrogen and oxygen atoms in total. The third kappa shape index (κ3) is 3.10. The van der Waals surface area contributed by atoms with Crippen LogP contribution in [0.1, 0.15) is 18.4 Å². The summed E-state index contributed by atoms with van der Waals surface area (Å²) >= 11 is 0. The second-order valence-electron chi connectivity index (χ2n) is 5.38. The van der Waals surface area contributed by atoms with Crippen LogP contribution in [0.2, 0.25) is 0 Å². The summed E-state index contributed by atoms with van der Waals surface area (Å²) < 4.78 is 0. The van der Waals surface area contributed by atoms with Gasteiger partial charge in [-0.15, -0.1) is 0 Å². The van der Waals surface area contributed by atoms with Gasteiger partial charge in [-0.25, -0.2) is 4.79 Å². The van der Waals surface area contributed by atoms with Crippen LogP contribution < -0.4 is 5.32 Å². The molecule has 2 rings (SSSR count). The van der Waals surface area contributed by atoms with Gasteiger partial charge in [-0.1, -0.05) is 17.7 Å². The second kappa shape index (κ2) is 5.94. The molecule has 1 aromatic rings. The lowest BCUT2D eigenvalue weighted by Gasteiger charge is -2.26. The number of carbonyl (C=O) groups excluding carboxylic acids is 2. The summed E-state index contributed by atoms with van der Waals surface area (Å²) in [5.41, 5.74) is 1.90. The Labute approximate surface area is 119 Å². The largest absolute Gasteiger partial charge is 0.347 e. The standard InChI is InChI=1S/C15H21N3O2/c1-11-6-8-12(9-7-11)16-15(20)18-10-4-5-13(18)14(19)17(2)3/h6-9,13H,4-5,10H2,1-3H3,(H,16,20)/t13-/m1/s1. The summed E-state index contributed by atoms with van der Waals surface area (Å²) in [4.78, 5) is 27.5. The highest BCUT2D eigenvalue weighted by molar-refractivity contribution is 5.94. The molecule has 0 radical (unpaired) electrons. The minimum absolute atomic E-state index is 0.0124. The van der Waals surface area contributed by atoms with Gasteiger partial charge >= 0.3 is 6.03 Å². The lowest BCUT2D eigenvalue weighted by Crippen LogP contribution is -2.47. The van der Waals surface area contributed by atoms with Crippen LogP contribution in [-0.2, 0) is 4.79 Å². The number of nitrogens with one attached hydrogen (secondary N) is 1. The van der Waals surface area contributed by atoms with Crippen molar-refractivity contribution in [1.29, 1.82) is 0 Å². The Balaban J connectivity index is 2.04. The summed E-state index contributed by atoms with van der Waals surface area (Å²) in [6.07, 6.45) is 1.60. The first kappa shape index (κ1) is 14.4. The Morgan fingerprint density at radius 2 is 1.90 bits per heavy atom. The maximum atomic E-state index is 12.3. The van der Waals surface area contributed by atoms with Crippen LogP contribution in [-0.4, -0.2) is 48.4 Å². The van der Waals surface area contributed by atoms with Gasteiger partial charge in [0, 0.05) is 26.3 Å². The van der Waals surface area contributed by atoms with Crippen molar-refractivity contribution in [3.8, 4) is 0 Å². The number of benzene rings is 1. The molecular weight excluding hydrogens is 254 g/mol. The van der Waals surface area contributed by atoms with Gasteiger partial charge in [0.1, 0.15) is 6.04 Å². The zero-order chi connectivity index (χ0) is 14.7. The van der Waals surface area contributed by atoms with Crippen LogP contribution >= 0.6 is 0 Å². The number of nitrogens with zero attached hydrogens (tertiary/aromatic N) is 2. The van der Waals surface area contributed by atoms with E-state index >= 15 is 0 Å². The molecule has 0 saturated carbocycles. The van der Waals surface area contributed by atoms with Crippen molar-refractivity contribution in [2.75, 3.05) is 26.0 Å². The first-order valence-corrected chi connectivity index (χ1v) is 6.84. The molecule has 1 aliphatic rings. The average molecular weight is 275 g/mol. The van der Waals surface area contributed by atoms with E-state index in [1.165, 1.54) is 0 Å². The predicted octanol–water partition coefficient (Wildman–Crippen LogP) is 2.08. The Kier molecular flexibility index (Phi) is 4.27. The van der Waals surface area contributed by atoms with Crippen molar-refractivity contribution >= 4 is 17.6 Å². The Morgan fingerprint density at radius 3 is 2.50 bits per heavy atom. The van der Waals surface area contributed by atoms with Crippen LogP contribution in [0.3, 0.4) is 0 Å². The minimum atomic E-state index is -0.338. The third-order valence-corrected chi connectivity index (χ3v) is 3.54. The van der Waals surface area contributed by atoms with Gasteiger partial charge in [-0.05, 0) is 31.9 Å². The number of anilines is 1. The van der Waals surface area contributed by atoms with Crippen molar-refractivity contribution in [2.45, 2.75) is 25.8 Å². The highest BCUT2D eigenvalue weighted by Gasteiger charge is 2.34. The monoisotopic (exact) mass is 275 g/mol. The van der Waals surface area contributed by atoms with Crippen LogP contribution in [0.15, 0.2) is 24.3 Å². The normalized spacial score (nSPS) is 17.9. The molecule has 0 aliphatic carbocycles. The third-order valence-electron chi connectivity index (χ3n) is 3.54. The number of carbonyl (C=O) groups is 2. The number of hydrogen-bond donors (Lipinski definition) is 1. The van der Waals surface area contributed by atoms with Crippen LogP contribution in [0.4, 0.5) is 10.5 Å². The molecule has 1 aliphatic heterocycles. The SMILES string of the molecule is Cc1ccc(NC(=O)N2CCC[C@@H]2C(=O)N(C)C)cc1. The molecule has 0 aromatic heterocycles. The molecule has 1 fully saturated rings. The van der Waals surface area contributed by atoms with Gasteiger partial charge in [0.2, 0.25) is 5.91 Å². The lowest BCUT2D eigenvalue weighted by molar-refractivity contribution is -0.132. The summed E-state index contributed by atoms with van der Waals surface area (Å²) in [5.74, 6) is -0.0124. The first-order valence-electron chi connectivity index (χ1n) is 6.84. The maximum Gasteiger partial charge on any atom is 0.322 e. The summed E-state index contributed by atoms with van der Waals surface area (Å²) in [5, 5.41) is 2.85. The maximum absolute atomic E-state index is 12.3. The predicted molar refractivity (Wildman–Crippen MR) is 78.6 cm³/mol. The molecule has 5 heteroatoms. The van der Waals surface area contributed by atoms with Gasteiger partial charge < -0.3 is 15.1 Å². The van der Waals surface area contributed by atoms with Crippen molar-refractivity contribution < 1.29 is 9.59 Å². The highest BCUT2D eigenvalue weighted by atomic mass is 16.2. The number of likely N-dealkylation sites (tertiary alicyclic amines) is 1. The molecule has 20 heavy (non-hydrogen) atoms. The highest BCUT2D eigenvalue weighted by Crippen LogP contribution is 2.20. The van der Waals surface area contributed by atoms with E-state index in [2.05, 4.69) is 5.32 Å². The molecule has 1 N–H and O–H groups in total. The van der Waals surface area contributed by atoms with E-state index in [0.717, 1.165) is 24.1 Å². The first-order chi connectivity index (χ1) is 9.49. The van der Waals surface area contributed by atoms with Gasteiger partial charge in [-0.3, -0.25) is 4.79 Å². The summed E-state index contributed by atoms with van der Waals surface area (Å²) in [6, 6.07) is 7.09. The number of rotatable bonds is 2. The zero-order valence-electron chi connectivity index (χ0n) is 12.2. The fourth-order valence-corrected chi connectivity index (χ4v) is 2.40. The van der Waals surface area contributed by atoms with E-state index in [0.29, 0.717) is 6.54 Å². The van der Waals surface area contributed by atoms with E-state index in [4.69, 9.17) is 0 Å². The van der Waals surface area contributed by atoms with E-state index in [9.17, 15) is 9.59 Å². The number of likely N-dealkylation sites (N-methyl/N-ethyl adjacent to an activating group) is 1. The quantitative estimate of drug-likeness (QED) is 0.898. The molecule has 0 bridgehead atoms. The van der Waals surface area contributed by atoms with E-state index < -0.39 is 0 Å². The molecular formula is C15H21N3O2. The molecule has 3 amide bonds. The molecule has 1 saturated heterocycles. The molecule has 0 unspecified atom stereocenters. The molecule has 1 heterocycles. The van der Waals surface area contributed by atoms with Crippen molar-refractivity contribution in [2.24, 2.45) is 0 Å². The number of urea groups is 1. The average Bonchev–Trinajstić information content (AvgIpc) is 2.89. The molecule has 1 atom stereocenters. The van der Waals surface area contributed by atoms with Gasteiger partial charge in [-0.2, -0.15) is 0 Å². The van der Waals surface area contributed by atoms with Crippen molar-refractivity contribution in [1.82, 2.24) is 9.80 Å². The van der Waals surface area contributed by atoms with Gasteiger partial charge in [0.05, 0.1) is 0 Å². The van der Waals surface area contributed by atoms with Gasteiger partial charge in [0.25, 0.3) is 0 Å². The summed E-state index contributed by atoms with van der Waals surface area (Å²) in [7, 11) is 3.44. The fourth-order valence-electron chi connectivity index (χ4n) is 2.40. The van der Waals surface area contributed by atoms with Crippen LogP contribution in [0.5, 0.6) is 0 Å². The Hall–Kier alpha value is -2.04. The number of aryl methyl sites for hydroxylation is 1. The molecule has 108 valence electrons. The van der Waals surface area contributed by atoms with E-state index in [-0.39, 0.29) is 18.0 Å². The minimum Gasteiger partial charge on any atom is -0.347 e. The van der Waals surface area contributed by atoms with E-state index in [1.807, 2.05) is 31.2 Å². The molecule has 0 spiro atoms. The fraction of sp³-hybridized carbons (Fsp3) is 0.467. The summed E-state index contributed by atoms with van der Waals surface area (Å²) in [6.45, 7) is 2.62. The van der Waals surface area contributed by atoms with Crippen molar-refractivity contribution in [3.05, 3.63) is 29.8 Å². The smallest absolute Gasteiger partial charge is 0.322 e.